The summed E-state index contributed by atoms with van der Waals surface area (Å²) in [6, 6.07) is -0.157. The average Bonchev–Trinajstić information content (AvgIpc) is 2.19. The molecule has 1 amide bonds. The van der Waals surface area contributed by atoms with Crippen molar-refractivity contribution in [2.75, 3.05) is 13.2 Å². The van der Waals surface area contributed by atoms with Gasteiger partial charge in [0.1, 0.15) is 0 Å². The standard InChI is InChI=1S/C10H20N2O2/c1-2-8(5-7-13)12-6-3-4-9(11)10(12)14/h8-9,13H,2-7,11H2,1H3. The lowest BCUT2D eigenvalue weighted by atomic mass is 10.0. The predicted octanol–water partition coefficient (Wildman–Crippen LogP) is 0.0971. The van der Waals surface area contributed by atoms with Crippen LogP contribution in [0.4, 0.5) is 0 Å². The van der Waals surface area contributed by atoms with E-state index in [9.17, 15) is 4.79 Å². The van der Waals surface area contributed by atoms with Gasteiger partial charge < -0.3 is 15.7 Å². The number of piperidine rings is 1. The van der Waals surface area contributed by atoms with Crippen LogP contribution in [0.25, 0.3) is 0 Å². The second kappa shape index (κ2) is 5.32. The first-order valence-electron chi connectivity index (χ1n) is 5.37. The molecule has 2 unspecified atom stereocenters. The number of hydrogen-bond acceptors (Lipinski definition) is 3. The average molecular weight is 200 g/mol. The molecule has 0 aromatic heterocycles. The van der Waals surface area contributed by atoms with Gasteiger partial charge in [0.05, 0.1) is 6.04 Å². The quantitative estimate of drug-likeness (QED) is 0.676. The lowest BCUT2D eigenvalue weighted by Crippen LogP contribution is -2.52. The molecule has 0 aromatic rings. The highest BCUT2D eigenvalue weighted by molar-refractivity contribution is 5.82. The minimum absolute atomic E-state index is 0.0524. The van der Waals surface area contributed by atoms with Crippen molar-refractivity contribution < 1.29 is 9.90 Å². The van der Waals surface area contributed by atoms with Gasteiger partial charge in [0.15, 0.2) is 0 Å². The number of amides is 1. The molecule has 1 aliphatic heterocycles. The van der Waals surface area contributed by atoms with Crippen LogP contribution < -0.4 is 5.73 Å². The minimum atomic E-state index is -0.323. The fourth-order valence-corrected chi connectivity index (χ4v) is 2.02. The van der Waals surface area contributed by atoms with Crippen LogP contribution in [0.5, 0.6) is 0 Å². The summed E-state index contributed by atoms with van der Waals surface area (Å²) in [5.74, 6) is 0.0524. The highest BCUT2D eigenvalue weighted by Gasteiger charge is 2.29. The Morgan fingerprint density at radius 1 is 1.71 bits per heavy atom. The summed E-state index contributed by atoms with van der Waals surface area (Å²) in [6.07, 6.45) is 3.33. The molecule has 4 nitrogen and oxygen atoms in total. The smallest absolute Gasteiger partial charge is 0.239 e. The summed E-state index contributed by atoms with van der Waals surface area (Å²) in [7, 11) is 0. The van der Waals surface area contributed by atoms with Crippen LogP contribution in [-0.4, -0.2) is 41.1 Å². The van der Waals surface area contributed by atoms with Gasteiger partial charge in [-0.25, -0.2) is 0 Å². The Morgan fingerprint density at radius 3 is 3.00 bits per heavy atom. The largest absolute Gasteiger partial charge is 0.396 e. The molecular formula is C10H20N2O2. The molecule has 0 spiro atoms. The van der Waals surface area contributed by atoms with Crippen LogP contribution in [0.15, 0.2) is 0 Å². The third kappa shape index (κ3) is 2.45. The molecule has 1 heterocycles. The van der Waals surface area contributed by atoms with E-state index in [1.165, 1.54) is 0 Å². The van der Waals surface area contributed by atoms with E-state index in [4.69, 9.17) is 10.8 Å². The maximum Gasteiger partial charge on any atom is 0.239 e. The molecule has 0 bridgehead atoms. The van der Waals surface area contributed by atoms with E-state index in [1.54, 1.807) is 0 Å². The van der Waals surface area contributed by atoms with E-state index < -0.39 is 0 Å². The molecule has 1 fully saturated rings. The minimum Gasteiger partial charge on any atom is -0.396 e. The molecule has 2 atom stereocenters. The summed E-state index contributed by atoms with van der Waals surface area (Å²) in [5.41, 5.74) is 5.70. The SMILES string of the molecule is CCC(CCO)N1CCCC(N)C1=O. The Morgan fingerprint density at radius 2 is 2.43 bits per heavy atom. The number of likely N-dealkylation sites (tertiary alicyclic amines) is 1. The number of nitrogens with zero attached hydrogens (tertiary/aromatic N) is 1. The highest BCUT2D eigenvalue weighted by Crippen LogP contribution is 2.17. The van der Waals surface area contributed by atoms with E-state index in [-0.39, 0.29) is 24.6 Å². The molecule has 82 valence electrons. The number of aliphatic hydroxyl groups is 1. The summed E-state index contributed by atoms with van der Waals surface area (Å²) in [5, 5.41) is 8.88. The molecule has 1 rings (SSSR count). The molecule has 3 N–H and O–H groups in total. The number of carbonyl (C=O) groups is 1. The van der Waals surface area contributed by atoms with Gasteiger partial charge in [0.2, 0.25) is 5.91 Å². The third-order valence-corrected chi connectivity index (χ3v) is 2.89. The molecule has 0 aromatic carbocycles. The number of hydrogen-bond donors (Lipinski definition) is 2. The van der Waals surface area contributed by atoms with E-state index >= 15 is 0 Å². The van der Waals surface area contributed by atoms with Crippen LogP contribution in [0.3, 0.4) is 0 Å². The predicted molar refractivity (Wildman–Crippen MR) is 54.7 cm³/mol. The topological polar surface area (TPSA) is 66.6 Å². The van der Waals surface area contributed by atoms with Gasteiger partial charge in [0, 0.05) is 19.2 Å². The van der Waals surface area contributed by atoms with Gasteiger partial charge in [-0.1, -0.05) is 6.92 Å². The highest BCUT2D eigenvalue weighted by atomic mass is 16.3. The second-order valence-corrected chi connectivity index (χ2v) is 3.85. The van der Waals surface area contributed by atoms with Gasteiger partial charge in [-0.2, -0.15) is 0 Å². The molecular weight excluding hydrogens is 180 g/mol. The summed E-state index contributed by atoms with van der Waals surface area (Å²) in [6.45, 7) is 2.97. The Hall–Kier alpha value is -0.610. The molecule has 0 saturated carbocycles. The van der Waals surface area contributed by atoms with Crippen LogP contribution in [-0.2, 0) is 4.79 Å². The number of aliphatic hydroxyl groups excluding tert-OH is 1. The van der Waals surface area contributed by atoms with Gasteiger partial charge in [0.25, 0.3) is 0 Å². The number of rotatable bonds is 4. The zero-order chi connectivity index (χ0) is 10.6. The van der Waals surface area contributed by atoms with Crippen molar-refractivity contribution in [1.82, 2.24) is 4.90 Å². The van der Waals surface area contributed by atoms with Crippen molar-refractivity contribution in [2.24, 2.45) is 5.73 Å². The second-order valence-electron chi connectivity index (χ2n) is 3.85. The van der Waals surface area contributed by atoms with Crippen molar-refractivity contribution in [1.29, 1.82) is 0 Å². The van der Waals surface area contributed by atoms with Crippen molar-refractivity contribution in [3.05, 3.63) is 0 Å². The fraction of sp³-hybridized carbons (Fsp3) is 0.900. The van der Waals surface area contributed by atoms with Crippen LogP contribution in [0, 0.1) is 0 Å². The van der Waals surface area contributed by atoms with Crippen molar-refractivity contribution >= 4 is 5.91 Å². The summed E-state index contributed by atoms with van der Waals surface area (Å²) in [4.78, 5) is 13.6. The maximum atomic E-state index is 11.7. The monoisotopic (exact) mass is 200 g/mol. The van der Waals surface area contributed by atoms with E-state index in [2.05, 4.69) is 0 Å². The Kier molecular flexibility index (Phi) is 4.35. The summed E-state index contributed by atoms with van der Waals surface area (Å²) >= 11 is 0. The number of carbonyl (C=O) groups excluding carboxylic acids is 1. The van der Waals surface area contributed by atoms with Gasteiger partial charge in [-0.05, 0) is 25.7 Å². The van der Waals surface area contributed by atoms with Gasteiger partial charge in [-0.15, -0.1) is 0 Å². The van der Waals surface area contributed by atoms with Crippen molar-refractivity contribution in [3.63, 3.8) is 0 Å². The zero-order valence-electron chi connectivity index (χ0n) is 8.78. The van der Waals surface area contributed by atoms with Crippen LogP contribution >= 0.6 is 0 Å². The summed E-state index contributed by atoms with van der Waals surface area (Å²) < 4.78 is 0. The molecule has 4 heteroatoms. The van der Waals surface area contributed by atoms with Crippen LogP contribution in [0.1, 0.15) is 32.6 Å². The molecule has 0 aliphatic carbocycles. The molecule has 1 aliphatic rings. The number of nitrogens with two attached hydrogens (primary N) is 1. The normalized spacial score (nSPS) is 25.2. The first-order chi connectivity index (χ1) is 6.70. The lowest BCUT2D eigenvalue weighted by Gasteiger charge is -2.36. The van der Waals surface area contributed by atoms with Crippen LogP contribution in [0.2, 0.25) is 0 Å². The fourth-order valence-electron chi connectivity index (χ4n) is 2.02. The first kappa shape index (κ1) is 11.5. The zero-order valence-corrected chi connectivity index (χ0v) is 8.78. The molecule has 0 radical (unpaired) electrons. The lowest BCUT2D eigenvalue weighted by molar-refractivity contribution is -0.137. The van der Waals surface area contributed by atoms with Crippen molar-refractivity contribution in [3.8, 4) is 0 Å². The third-order valence-electron chi connectivity index (χ3n) is 2.89. The van der Waals surface area contributed by atoms with Gasteiger partial charge in [-0.3, -0.25) is 4.79 Å². The maximum absolute atomic E-state index is 11.7. The van der Waals surface area contributed by atoms with E-state index in [1.807, 2.05) is 11.8 Å². The molecule has 1 saturated heterocycles. The van der Waals surface area contributed by atoms with Gasteiger partial charge >= 0.3 is 0 Å². The Labute approximate surface area is 85.1 Å². The first-order valence-corrected chi connectivity index (χ1v) is 5.37. The molecule has 14 heavy (non-hydrogen) atoms. The Bertz CT molecular complexity index is 197. The van der Waals surface area contributed by atoms with E-state index in [0.717, 1.165) is 25.8 Å². The Balaban J connectivity index is 2.59. The van der Waals surface area contributed by atoms with E-state index in [0.29, 0.717) is 6.42 Å². The van der Waals surface area contributed by atoms with Crippen molar-refractivity contribution in [2.45, 2.75) is 44.7 Å².